The molecule has 3 atom stereocenters. The van der Waals surface area contributed by atoms with E-state index >= 15 is 0 Å². The second kappa shape index (κ2) is 28.5. The molecule has 0 saturated carbocycles. The molecule has 0 aromatic rings. The van der Waals surface area contributed by atoms with E-state index in [0.29, 0.717) is 17.4 Å². The van der Waals surface area contributed by atoms with Crippen LogP contribution in [0.15, 0.2) is 12.2 Å². The van der Waals surface area contributed by atoms with Gasteiger partial charge in [-0.3, -0.25) is 9.36 Å². The second-order valence-corrected chi connectivity index (χ2v) is 15.0. The quantitative estimate of drug-likeness (QED) is 0.0330. The zero-order chi connectivity index (χ0) is 32.9. The number of amides is 1. The van der Waals surface area contributed by atoms with Gasteiger partial charge in [-0.15, -0.1) is 0 Å². The van der Waals surface area contributed by atoms with Crippen molar-refractivity contribution < 1.29 is 32.9 Å². The van der Waals surface area contributed by atoms with Crippen LogP contribution >= 0.6 is 7.82 Å². The van der Waals surface area contributed by atoms with Gasteiger partial charge in [0.1, 0.15) is 13.2 Å². The van der Waals surface area contributed by atoms with Crippen molar-refractivity contribution >= 4 is 13.7 Å². The third-order valence-electron chi connectivity index (χ3n) is 8.00. The minimum absolute atomic E-state index is 0.000493. The van der Waals surface area contributed by atoms with Crippen molar-refractivity contribution in [2.24, 2.45) is 0 Å². The largest absolute Gasteiger partial charge is 0.756 e. The summed E-state index contributed by atoms with van der Waals surface area (Å²) in [6.45, 7) is 4.52. The standard InChI is InChI=1S/C35H71N2O6P/c1-6-8-10-12-13-14-15-16-17-18-19-20-21-22-23-25-27-29-35(39)36-33(34(38)28-26-24-11-9-7-2)32-43-44(40,41)42-31-30-37(3,4)5/h26,28,33-34,38H,6-25,27,29-32H2,1-5H3,(H-,36,39,40,41)/b28-26+. The number of aliphatic hydroxyl groups excluding tert-OH is 1. The Morgan fingerprint density at radius 1 is 0.773 bits per heavy atom. The number of carbonyl (C=O) groups excluding carboxylic acids is 1. The van der Waals surface area contributed by atoms with Crippen LogP contribution in [0, 0.1) is 0 Å². The Labute approximate surface area is 272 Å². The molecule has 1 amide bonds. The highest BCUT2D eigenvalue weighted by molar-refractivity contribution is 7.45. The summed E-state index contributed by atoms with van der Waals surface area (Å²) >= 11 is 0. The molecule has 0 fully saturated rings. The SMILES string of the molecule is CCCCC/C=C/C(O)C(COP(=O)([O-])OCC[N+](C)(C)C)NC(=O)CCCCCCCCCCCCCCCCCCC. The lowest BCUT2D eigenvalue weighted by atomic mass is 10.0. The summed E-state index contributed by atoms with van der Waals surface area (Å²) in [5, 5.41) is 13.5. The van der Waals surface area contributed by atoms with Crippen LogP contribution in [-0.2, 0) is 18.4 Å². The second-order valence-electron chi connectivity index (χ2n) is 13.6. The fraction of sp³-hybridized carbons (Fsp3) is 0.914. The van der Waals surface area contributed by atoms with Crippen LogP contribution in [0.4, 0.5) is 0 Å². The number of nitrogens with zero attached hydrogens (tertiary/aromatic N) is 1. The van der Waals surface area contributed by atoms with Crippen molar-refractivity contribution in [1.29, 1.82) is 0 Å². The van der Waals surface area contributed by atoms with Crippen LogP contribution in [-0.4, -0.2) is 68.5 Å². The summed E-state index contributed by atoms with van der Waals surface area (Å²) < 4.78 is 22.9. The van der Waals surface area contributed by atoms with Crippen LogP contribution in [0.2, 0.25) is 0 Å². The molecule has 44 heavy (non-hydrogen) atoms. The molecule has 262 valence electrons. The van der Waals surface area contributed by atoms with E-state index in [1.807, 2.05) is 27.2 Å². The van der Waals surface area contributed by atoms with E-state index in [1.54, 1.807) is 6.08 Å². The monoisotopic (exact) mass is 647 g/mol. The molecule has 9 heteroatoms. The Kier molecular flexibility index (Phi) is 28.0. The van der Waals surface area contributed by atoms with E-state index in [0.717, 1.165) is 44.9 Å². The minimum atomic E-state index is -4.56. The summed E-state index contributed by atoms with van der Waals surface area (Å²) in [6.07, 6.45) is 28.6. The van der Waals surface area contributed by atoms with Gasteiger partial charge in [0.05, 0.1) is 39.9 Å². The molecule has 0 aliphatic heterocycles. The molecular weight excluding hydrogens is 575 g/mol. The van der Waals surface area contributed by atoms with Gasteiger partial charge in [-0.1, -0.05) is 142 Å². The molecule has 0 saturated heterocycles. The first kappa shape index (κ1) is 43.2. The molecule has 0 aliphatic carbocycles. The number of quaternary nitrogens is 1. The van der Waals surface area contributed by atoms with Gasteiger partial charge in [-0.25, -0.2) is 0 Å². The zero-order valence-electron chi connectivity index (χ0n) is 29.4. The fourth-order valence-electron chi connectivity index (χ4n) is 5.03. The predicted octanol–water partition coefficient (Wildman–Crippen LogP) is 8.22. The van der Waals surface area contributed by atoms with E-state index in [2.05, 4.69) is 19.2 Å². The number of aliphatic hydroxyl groups is 1. The van der Waals surface area contributed by atoms with Crippen molar-refractivity contribution in [3.8, 4) is 0 Å². The average Bonchev–Trinajstić information content (AvgIpc) is 2.95. The third-order valence-corrected chi connectivity index (χ3v) is 8.96. The number of hydrogen-bond donors (Lipinski definition) is 2. The molecule has 0 rings (SSSR count). The van der Waals surface area contributed by atoms with Crippen LogP contribution in [0.5, 0.6) is 0 Å². The number of carbonyl (C=O) groups is 1. The van der Waals surface area contributed by atoms with Gasteiger partial charge in [0.2, 0.25) is 5.91 Å². The molecule has 0 aliphatic rings. The van der Waals surface area contributed by atoms with Gasteiger partial charge in [-0.2, -0.15) is 0 Å². The Hall–Kier alpha value is -0.760. The molecule has 0 aromatic heterocycles. The van der Waals surface area contributed by atoms with E-state index in [1.165, 1.54) is 89.9 Å². The lowest BCUT2D eigenvalue weighted by Gasteiger charge is -2.29. The Morgan fingerprint density at radius 2 is 1.23 bits per heavy atom. The van der Waals surface area contributed by atoms with Crippen molar-refractivity contribution in [2.45, 2.75) is 167 Å². The molecule has 0 heterocycles. The van der Waals surface area contributed by atoms with Gasteiger partial charge < -0.3 is 28.8 Å². The minimum Gasteiger partial charge on any atom is -0.756 e. The Morgan fingerprint density at radius 3 is 1.70 bits per heavy atom. The van der Waals surface area contributed by atoms with Gasteiger partial charge in [0, 0.05) is 6.42 Å². The highest BCUT2D eigenvalue weighted by atomic mass is 31.2. The van der Waals surface area contributed by atoms with Crippen LogP contribution in [0.25, 0.3) is 0 Å². The first-order chi connectivity index (χ1) is 21.0. The summed E-state index contributed by atoms with van der Waals surface area (Å²) in [4.78, 5) is 24.9. The number of hydrogen-bond acceptors (Lipinski definition) is 6. The molecule has 0 bridgehead atoms. The van der Waals surface area contributed by atoms with Crippen molar-refractivity contribution in [3.63, 3.8) is 0 Å². The Balaban J connectivity index is 4.24. The molecule has 0 aromatic carbocycles. The fourth-order valence-corrected chi connectivity index (χ4v) is 5.76. The maximum atomic E-state index is 12.7. The summed E-state index contributed by atoms with van der Waals surface area (Å²) in [5.74, 6) is -0.204. The molecule has 2 N–H and O–H groups in total. The molecular formula is C35H71N2O6P. The van der Waals surface area contributed by atoms with Gasteiger partial charge in [0.25, 0.3) is 7.82 Å². The highest BCUT2D eigenvalue weighted by Gasteiger charge is 2.23. The summed E-state index contributed by atoms with van der Waals surface area (Å²) in [5.41, 5.74) is 0. The highest BCUT2D eigenvalue weighted by Crippen LogP contribution is 2.38. The number of phosphoric ester groups is 1. The van der Waals surface area contributed by atoms with E-state index in [9.17, 15) is 19.4 Å². The van der Waals surface area contributed by atoms with E-state index < -0.39 is 20.0 Å². The van der Waals surface area contributed by atoms with Crippen molar-refractivity contribution in [3.05, 3.63) is 12.2 Å². The molecule has 0 radical (unpaired) electrons. The van der Waals surface area contributed by atoms with Crippen LogP contribution in [0.3, 0.4) is 0 Å². The van der Waals surface area contributed by atoms with E-state index in [-0.39, 0.29) is 19.1 Å². The number of rotatable bonds is 32. The molecule has 8 nitrogen and oxygen atoms in total. The predicted molar refractivity (Wildman–Crippen MR) is 182 cm³/mol. The smallest absolute Gasteiger partial charge is 0.268 e. The average molecular weight is 647 g/mol. The number of unbranched alkanes of at least 4 members (excludes halogenated alkanes) is 19. The van der Waals surface area contributed by atoms with Gasteiger partial charge >= 0.3 is 0 Å². The van der Waals surface area contributed by atoms with Crippen LogP contribution in [0.1, 0.15) is 155 Å². The molecule has 3 unspecified atom stereocenters. The Bertz CT molecular complexity index is 743. The number of nitrogens with one attached hydrogen (secondary N) is 1. The first-order valence-corrected chi connectivity index (χ1v) is 19.5. The van der Waals surface area contributed by atoms with Crippen molar-refractivity contribution in [1.82, 2.24) is 5.32 Å². The van der Waals surface area contributed by atoms with Gasteiger partial charge in [0.15, 0.2) is 0 Å². The first-order valence-electron chi connectivity index (χ1n) is 18.1. The summed E-state index contributed by atoms with van der Waals surface area (Å²) in [7, 11) is 1.26. The molecule has 0 spiro atoms. The lowest BCUT2D eigenvalue weighted by molar-refractivity contribution is -0.870. The number of likely N-dealkylation sites (N-methyl/N-ethyl adjacent to an activating group) is 1. The third kappa shape index (κ3) is 29.9. The number of phosphoric acid groups is 1. The maximum Gasteiger partial charge on any atom is 0.268 e. The number of allylic oxidation sites excluding steroid dienone is 1. The summed E-state index contributed by atoms with van der Waals surface area (Å²) in [6, 6.07) is -0.875. The topological polar surface area (TPSA) is 108 Å². The van der Waals surface area contributed by atoms with Crippen LogP contribution < -0.4 is 10.2 Å². The van der Waals surface area contributed by atoms with E-state index in [4.69, 9.17) is 9.05 Å². The van der Waals surface area contributed by atoms with Crippen molar-refractivity contribution in [2.75, 3.05) is 40.9 Å². The van der Waals surface area contributed by atoms with Gasteiger partial charge in [-0.05, 0) is 19.3 Å². The lowest BCUT2D eigenvalue weighted by Crippen LogP contribution is -2.45. The normalized spacial score (nSPS) is 15.0. The maximum absolute atomic E-state index is 12.7. The zero-order valence-corrected chi connectivity index (χ0v) is 30.3.